The number of carbonyl (C=O) groups excluding carboxylic acids is 1. The van der Waals surface area contributed by atoms with Crippen molar-refractivity contribution in [3.8, 4) is 0 Å². The van der Waals surface area contributed by atoms with Crippen LogP contribution in [0.4, 0.5) is 0 Å². The lowest BCUT2D eigenvalue weighted by Gasteiger charge is -2.37. The Labute approximate surface area is 148 Å². The molecule has 3 aromatic heterocycles. The van der Waals surface area contributed by atoms with Crippen molar-refractivity contribution in [1.29, 1.82) is 0 Å². The fourth-order valence-corrected chi connectivity index (χ4v) is 3.49. The number of hydrogen-bond donors (Lipinski definition) is 3. The van der Waals surface area contributed by atoms with E-state index in [1.807, 2.05) is 13.2 Å². The van der Waals surface area contributed by atoms with Crippen LogP contribution in [0.15, 0.2) is 29.5 Å². The number of nitrogens with one attached hydrogen (secondary N) is 2. The third-order valence-corrected chi connectivity index (χ3v) is 5.00. The van der Waals surface area contributed by atoms with Gasteiger partial charge < -0.3 is 10.4 Å². The highest BCUT2D eigenvalue weighted by Gasteiger charge is 2.36. The Kier molecular flexibility index (Phi) is 3.87. The number of hydrogen-bond acceptors (Lipinski definition) is 5. The zero-order chi connectivity index (χ0) is 18.4. The minimum Gasteiger partial charge on any atom is -0.393 e. The number of aliphatic hydroxyl groups excluding tert-OH is 1. The lowest BCUT2D eigenvalue weighted by Crippen LogP contribution is -2.41. The molecule has 0 radical (unpaired) electrons. The highest BCUT2D eigenvalue weighted by Crippen LogP contribution is 2.38. The average Bonchev–Trinajstić information content (AvgIpc) is 3.15. The summed E-state index contributed by atoms with van der Waals surface area (Å²) >= 11 is 0. The summed E-state index contributed by atoms with van der Waals surface area (Å²) in [6, 6.07) is 1.14. The lowest BCUT2D eigenvalue weighted by atomic mass is 9.75. The van der Waals surface area contributed by atoms with Crippen LogP contribution < -0.4 is 10.9 Å². The molecule has 26 heavy (non-hydrogen) atoms. The normalized spacial score (nSPS) is 20.7. The van der Waals surface area contributed by atoms with Crippen molar-refractivity contribution >= 4 is 11.6 Å². The Hall–Kier alpha value is -2.94. The van der Waals surface area contributed by atoms with E-state index in [0.717, 1.165) is 5.56 Å². The first-order valence-corrected chi connectivity index (χ1v) is 8.47. The van der Waals surface area contributed by atoms with Crippen LogP contribution in [0.1, 0.15) is 40.5 Å². The number of aromatic amines is 1. The molecule has 0 aromatic carbocycles. The molecule has 1 fully saturated rings. The number of amides is 1. The van der Waals surface area contributed by atoms with Crippen LogP contribution in [-0.4, -0.2) is 41.5 Å². The van der Waals surface area contributed by atoms with Crippen LogP contribution in [0.3, 0.4) is 0 Å². The SMILES string of the molecule is Cc1c(C(=O)NC(c2cnn(C)c2)C2CC(O)C2)cnc2cc(=O)[nH]n12. The maximum atomic E-state index is 12.9. The maximum absolute atomic E-state index is 12.9. The molecule has 0 aliphatic heterocycles. The van der Waals surface area contributed by atoms with Gasteiger partial charge in [-0.2, -0.15) is 5.10 Å². The van der Waals surface area contributed by atoms with E-state index in [9.17, 15) is 14.7 Å². The molecule has 0 spiro atoms. The maximum Gasteiger partial charge on any atom is 0.266 e. The van der Waals surface area contributed by atoms with Gasteiger partial charge in [-0.25, -0.2) is 9.50 Å². The molecule has 0 saturated heterocycles. The summed E-state index contributed by atoms with van der Waals surface area (Å²) < 4.78 is 3.19. The van der Waals surface area contributed by atoms with E-state index in [2.05, 4.69) is 20.5 Å². The Morgan fingerprint density at radius 3 is 2.85 bits per heavy atom. The molecule has 9 heteroatoms. The molecule has 0 bridgehead atoms. The zero-order valence-electron chi connectivity index (χ0n) is 14.5. The number of carbonyl (C=O) groups is 1. The molecule has 1 aliphatic rings. The van der Waals surface area contributed by atoms with Gasteiger partial charge in [-0.05, 0) is 25.7 Å². The van der Waals surface area contributed by atoms with Crippen molar-refractivity contribution in [3.63, 3.8) is 0 Å². The summed E-state index contributed by atoms with van der Waals surface area (Å²) in [7, 11) is 1.82. The highest BCUT2D eigenvalue weighted by molar-refractivity contribution is 5.95. The summed E-state index contributed by atoms with van der Waals surface area (Å²) in [6.45, 7) is 1.76. The van der Waals surface area contributed by atoms with Crippen LogP contribution in [-0.2, 0) is 7.05 Å². The molecule has 1 unspecified atom stereocenters. The Bertz CT molecular complexity index is 1030. The Morgan fingerprint density at radius 2 is 2.19 bits per heavy atom. The minimum atomic E-state index is -0.319. The quantitative estimate of drug-likeness (QED) is 0.622. The molecule has 136 valence electrons. The van der Waals surface area contributed by atoms with E-state index in [1.165, 1.54) is 16.8 Å². The third kappa shape index (κ3) is 2.80. The van der Waals surface area contributed by atoms with E-state index < -0.39 is 0 Å². The first-order valence-electron chi connectivity index (χ1n) is 8.47. The van der Waals surface area contributed by atoms with Gasteiger partial charge in [-0.3, -0.25) is 19.4 Å². The predicted octanol–water partition coefficient (Wildman–Crippen LogP) is 0.307. The third-order valence-electron chi connectivity index (χ3n) is 5.00. The second-order valence-corrected chi connectivity index (χ2v) is 6.86. The van der Waals surface area contributed by atoms with E-state index >= 15 is 0 Å². The molecule has 3 heterocycles. The molecular weight excluding hydrogens is 336 g/mol. The molecule has 3 N–H and O–H groups in total. The van der Waals surface area contributed by atoms with Crippen LogP contribution in [0, 0.1) is 12.8 Å². The van der Waals surface area contributed by atoms with Gasteiger partial charge in [0, 0.05) is 31.1 Å². The lowest BCUT2D eigenvalue weighted by molar-refractivity contribution is 0.0235. The van der Waals surface area contributed by atoms with Crippen molar-refractivity contribution in [1.82, 2.24) is 29.7 Å². The van der Waals surface area contributed by atoms with Gasteiger partial charge in [0.2, 0.25) is 0 Å². The summed E-state index contributed by atoms with van der Waals surface area (Å²) in [5, 5.41) is 19.5. The van der Waals surface area contributed by atoms with Gasteiger partial charge >= 0.3 is 0 Å². The molecule has 3 aromatic rings. The number of H-pyrrole nitrogens is 1. The molecular formula is C17H20N6O3. The molecule has 1 aliphatic carbocycles. The number of rotatable bonds is 4. The fourth-order valence-electron chi connectivity index (χ4n) is 3.49. The molecule has 1 amide bonds. The van der Waals surface area contributed by atoms with Crippen LogP contribution in [0.5, 0.6) is 0 Å². The van der Waals surface area contributed by atoms with E-state index in [4.69, 9.17) is 0 Å². The number of fused-ring (bicyclic) bond motifs is 1. The van der Waals surface area contributed by atoms with Gasteiger partial charge in [-0.15, -0.1) is 0 Å². The molecule has 9 nitrogen and oxygen atoms in total. The number of aryl methyl sites for hydroxylation is 2. The second-order valence-electron chi connectivity index (χ2n) is 6.86. The van der Waals surface area contributed by atoms with E-state index in [-0.39, 0.29) is 29.5 Å². The average molecular weight is 356 g/mol. The van der Waals surface area contributed by atoms with Gasteiger partial charge in [0.25, 0.3) is 11.5 Å². The minimum absolute atomic E-state index is 0.154. The number of nitrogens with zero attached hydrogens (tertiary/aromatic N) is 4. The zero-order valence-corrected chi connectivity index (χ0v) is 14.5. The predicted molar refractivity (Wildman–Crippen MR) is 92.7 cm³/mol. The Morgan fingerprint density at radius 1 is 1.42 bits per heavy atom. The second kappa shape index (κ2) is 6.10. The summed E-state index contributed by atoms with van der Waals surface area (Å²) in [5.41, 5.74) is 2.09. The monoisotopic (exact) mass is 356 g/mol. The first-order chi connectivity index (χ1) is 12.4. The van der Waals surface area contributed by atoms with E-state index in [1.54, 1.807) is 17.8 Å². The Balaban J connectivity index is 1.64. The van der Waals surface area contributed by atoms with Gasteiger partial charge in [-0.1, -0.05) is 0 Å². The molecule has 1 atom stereocenters. The van der Waals surface area contributed by atoms with Crippen LogP contribution in [0.2, 0.25) is 0 Å². The molecule has 4 rings (SSSR count). The standard InChI is InChI=1S/C17H20N6O3/c1-9-13(7-18-14-5-15(25)21-23(9)14)17(26)20-16(10-3-12(24)4-10)11-6-19-22(2)8-11/h5-8,10,12,16,24H,3-4H2,1-2H3,(H,20,26)(H,21,25). The first kappa shape index (κ1) is 16.5. The van der Waals surface area contributed by atoms with E-state index in [0.29, 0.717) is 29.7 Å². The summed E-state index contributed by atoms with van der Waals surface area (Å²) in [5.74, 6) is -0.122. The van der Waals surface area contributed by atoms with Crippen molar-refractivity contribution in [3.05, 3.63) is 51.8 Å². The smallest absolute Gasteiger partial charge is 0.266 e. The van der Waals surface area contributed by atoms with Crippen molar-refractivity contribution in [2.45, 2.75) is 31.9 Å². The fraction of sp³-hybridized carbons (Fsp3) is 0.412. The van der Waals surface area contributed by atoms with Crippen molar-refractivity contribution in [2.24, 2.45) is 13.0 Å². The van der Waals surface area contributed by atoms with Gasteiger partial charge in [0.05, 0.1) is 29.6 Å². The van der Waals surface area contributed by atoms with Crippen LogP contribution in [0.25, 0.3) is 5.65 Å². The van der Waals surface area contributed by atoms with Crippen molar-refractivity contribution < 1.29 is 9.90 Å². The molecule has 1 saturated carbocycles. The summed E-state index contributed by atoms with van der Waals surface area (Å²) in [4.78, 5) is 28.6. The highest BCUT2D eigenvalue weighted by atomic mass is 16.3. The van der Waals surface area contributed by atoms with Crippen molar-refractivity contribution in [2.75, 3.05) is 0 Å². The van der Waals surface area contributed by atoms with Gasteiger partial charge in [0.1, 0.15) is 0 Å². The summed E-state index contributed by atoms with van der Waals surface area (Å²) in [6.07, 6.45) is 6.03. The number of aromatic nitrogens is 5. The largest absolute Gasteiger partial charge is 0.393 e. The topological polar surface area (TPSA) is 117 Å². The van der Waals surface area contributed by atoms with Gasteiger partial charge in [0.15, 0.2) is 5.65 Å². The van der Waals surface area contributed by atoms with Crippen LogP contribution >= 0.6 is 0 Å². The number of aliphatic hydroxyl groups is 1.